The van der Waals surface area contributed by atoms with Gasteiger partial charge < -0.3 is 15.0 Å². The van der Waals surface area contributed by atoms with Crippen molar-refractivity contribution in [2.75, 3.05) is 32.8 Å². The standard InChI is InChI=1S/C25H31ClN6O3/c1-18(2)28-23(33)17-31-24(20-5-3-6-21(26)15-20)29-32(25(31)34)22-8-7-19(16-27-22)9-11-30-10-4-13-35-14-12-30/h3,5-8,15-16,18H,4,9-14,17H2,1-2H3,(H,28,33). The predicted octanol–water partition coefficient (Wildman–Crippen LogP) is 2.54. The molecule has 35 heavy (non-hydrogen) atoms. The normalized spacial score (nSPS) is 14.7. The van der Waals surface area contributed by atoms with E-state index in [1.165, 1.54) is 9.25 Å². The Bertz CT molecular complexity index is 1200. The van der Waals surface area contributed by atoms with Crippen molar-refractivity contribution >= 4 is 17.5 Å². The van der Waals surface area contributed by atoms with Gasteiger partial charge in [0.2, 0.25) is 5.91 Å². The SMILES string of the molecule is CC(C)NC(=O)Cn1c(-c2cccc(Cl)c2)nn(-c2ccc(CCN3CCCOCC3)cn2)c1=O. The second-order valence-electron chi connectivity index (χ2n) is 8.92. The van der Waals surface area contributed by atoms with Gasteiger partial charge >= 0.3 is 5.69 Å². The molecule has 10 heteroatoms. The molecule has 0 atom stereocenters. The molecule has 186 valence electrons. The van der Waals surface area contributed by atoms with E-state index in [1.54, 1.807) is 36.5 Å². The molecule has 1 amide bonds. The number of ether oxygens (including phenoxy) is 1. The van der Waals surface area contributed by atoms with Crippen molar-refractivity contribution in [2.45, 2.75) is 39.3 Å². The number of amides is 1. The molecule has 0 unspecified atom stereocenters. The van der Waals surface area contributed by atoms with Crippen LogP contribution in [0.5, 0.6) is 0 Å². The monoisotopic (exact) mass is 498 g/mol. The van der Waals surface area contributed by atoms with Crippen LogP contribution in [0.4, 0.5) is 0 Å². The number of nitrogens with zero attached hydrogens (tertiary/aromatic N) is 5. The number of hydrogen-bond acceptors (Lipinski definition) is 6. The van der Waals surface area contributed by atoms with E-state index in [0.29, 0.717) is 22.2 Å². The summed E-state index contributed by atoms with van der Waals surface area (Å²) in [5.74, 6) is 0.478. The lowest BCUT2D eigenvalue weighted by Gasteiger charge is -2.18. The maximum Gasteiger partial charge on any atom is 0.352 e. The van der Waals surface area contributed by atoms with E-state index < -0.39 is 5.69 Å². The highest BCUT2D eigenvalue weighted by Gasteiger charge is 2.20. The molecule has 2 aromatic heterocycles. The Morgan fingerprint density at radius 3 is 2.80 bits per heavy atom. The van der Waals surface area contributed by atoms with Gasteiger partial charge in [0.25, 0.3) is 0 Å². The highest BCUT2D eigenvalue weighted by atomic mass is 35.5. The van der Waals surface area contributed by atoms with Crippen LogP contribution in [0.15, 0.2) is 47.4 Å². The molecule has 1 aromatic carbocycles. The first kappa shape index (κ1) is 25.1. The van der Waals surface area contributed by atoms with Crippen molar-refractivity contribution in [3.8, 4) is 17.2 Å². The van der Waals surface area contributed by atoms with Gasteiger partial charge in [-0.25, -0.2) is 9.78 Å². The van der Waals surface area contributed by atoms with E-state index in [-0.39, 0.29) is 18.5 Å². The number of pyridine rings is 1. The molecule has 1 aliphatic rings. The Morgan fingerprint density at radius 1 is 1.20 bits per heavy atom. The lowest BCUT2D eigenvalue weighted by atomic mass is 10.2. The molecule has 1 aliphatic heterocycles. The van der Waals surface area contributed by atoms with E-state index in [1.807, 2.05) is 19.9 Å². The molecular weight excluding hydrogens is 468 g/mol. The highest BCUT2D eigenvalue weighted by molar-refractivity contribution is 6.30. The van der Waals surface area contributed by atoms with E-state index in [9.17, 15) is 9.59 Å². The summed E-state index contributed by atoms with van der Waals surface area (Å²) < 4.78 is 8.10. The first-order valence-corrected chi connectivity index (χ1v) is 12.3. The summed E-state index contributed by atoms with van der Waals surface area (Å²) in [6, 6.07) is 10.8. The third-order valence-corrected chi connectivity index (χ3v) is 5.99. The smallest absolute Gasteiger partial charge is 0.352 e. The summed E-state index contributed by atoms with van der Waals surface area (Å²) in [5, 5.41) is 7.86. The number of halogens is 1. The van der Waals surface area contributed by atoms with Gasteiger partial charge in [0.05, 0.1) is 6.61 Å². The van der Waals surface area contributed by atoms with Gasteiger partial charge in [-0.3, -0.25) is 9.36 Å². The van der Waals surface area contributed by atoms with Gasteiger partial charge in [0, 0.05) is 49.1 Å². The van der Waals surface area contributed by atoms with Crippen molar-refractivity contribution in [1.82, 2.24) is 29.5 Å². The second kappa shape index (κ2) is 11.6. The molecule has 1 fully saturated rings. The van der Waals surface area contributed by atoms with Crippen molar-refractivity contribution in [3.63, 3.8) is 0 Å². The first-order chi connectivity index (χ1) is 16.9. The number of rotatable bonds is 8. The summed E-state index contributed by atoms with van der Waals surface area (Å²) in [6.07, 6.45) is 3.69. The van der Waals surface area contributed by atoms with Crippen molar-refractivity contribution in [3.05, 3.63) is 63.7 Å². The fourth-order valence-corrected chi connectivity index (χ4v) is 4.23. The van der Waals surface area contributed by atoms with E-state index in [2.05, 4.69) is 20.3 Å². The molecule has 0 aliphatic carbocycles. The molecular formula is C25H31ClN6O3. The molecule has 0 radical (unpaired) electrons. The number of hydrogen-bond donors (Lipinski definition) is 1. The van der Waals surface area contributed by atoms with Gasteiger partial charge in [-0.15, -0.1) is 5.10 Å². The van der Waals surface area contributed by atoms with Gasteiger partial charge in [0.1, 0.15) is 6.54 Å². The summed E-state index contributed by atoms with van der Waals surface area (Å²) in [7, 11) is 0. The number of carbonyl (C=O) groups excluding carboxylic acids is 1. The van der Waals surface area contributed by atoms with Crippen LogP contribution < -0.4 is 11.0 Å². The van der Waals surface area contributed by atoms with Gasteiger partial charge in [-0.1, -0.05) is 29.8 Å². The van der Waals surface area contributed by atoms with Crippen molar-refractivity contribution < 1.29 is 9.53 Å². The molecule has 0 bridgehead atoms. The number of carbonyl (C=O) groups is 1. The summed E-state index contributed by atoms with van der Waals surface area (Å²) in [4.78, 5) is 32.7. The molecule has 4 rings (SSSR count). The maximum absolute atomic E-state index is 13.3. The first-order valence-electron chi connectivity index (χ1n) is 11.9. The van der Waals surface area contributed by atoms with Crippen LogP contribution in [-0.2, 0) is 22.5 Å². The minimum atomic E-state index is -0.441. The van der Waals surface area contributed by atoms with Crippen molar-refractivity contribution in [1.29, 1.82) is 0 Å². The summed E-state index contributed by atoms with van der Waals surface area (Å²) >= 11 is 6.17. The Labute approximate surface area is 209 Å². The molecule has 1 saturated heterocycles. The Balaban J connectivity index is 1.58. The molecule has 1 N–H and O–H groups in total. The van der Waals surface area contributed by atoms with Crippen LogP contribution in [0.1, 0.15) is 25.8 Å². The van der Waals surface area contributed by atoms with Crippen LogP contribution in [0.25, 0.3) is 17.2 Å². The summed E-state index contributed by atoms with van der Waals surface area (Å²) in [5.41, 5.74) is 1.28. The molecule has 3 aromatic rings. The average Bonchev–Trinajstić information content (AvgIpc) is 2.99. The van der Waals surface area contributed by atoms with Crippen LogP contribution >= 0.6 is 11.6 Å². The number of aromatic nitrogens is 4. The maximum atomic E-state index is 13.3. The van der Waals surface area contributed by atoms with Gasteiger partial charge in [-0.05, 0) is 50.5 Å². The Morgan fingerprint density at radius 2 is 2.06 bits per heavy atom. The predicted molar refractivity (Wildman–Crippen MR) is 135 cm³/mol. The van der Waals surface area contributed by atoms with E-state index >= 15 is 0 Å². The lowest BCUT2D eigenvalue weighted by molar-refractivity contribution is -0.122. The third kappa shape index (κ3) is 6.56. The Hall–Kier alpha value is -3.01. The number of nitrogens with one attached hydrogen (secondary N) is 1. The zero-order chi connectivity index (χ0) is 24.8. The average molecular weight is 499 g/mol. The zero-order valence-electron chi connectivity index (χ0n) is 20.1. The van der Waals surface area contributed by atoms with Crippen LogP contribution in [0, 0.1) is 0 Å². The molecule has 9 nitrogen and oxygen atoms in total. The fraction of sp³-hybridized carbons (Fsp3) is 0.440. The molecule has 0 spiro atoms. The third-order valence-electron chi connectivity index (χ3n) is 5.75. The Kier molecular flexibility index (Phi) is 8.33. The summed E-state index contributed by atoms with van der Waals surface area (Å²) in [6.45, 7) is 8.09. The van der Waals surface area contributed by atoms with Gasteiger partial charge in [-0.2, -0.15) is 4.68 Å². The van der Waals surface area contributed by atoms with Crippen molar-refractivity contribution in [2.24, 2.45) is 0 Å². The second-order valence-corrected chi connectivity index (χ2v) is 9.36. The minimum Gasteiger partial charge on any atom is -0.380 e. The molecule has 3 heterocycles. The molecule has 0 saturated carbocycles. The highest BCUT2D eigenvalue weighted by Crippen LogP contribution is 2.21. The number of benzene rings is 1. The fourth-order valence-electron chi connectivity index (χ4n) is 4.04. The van der Waals surface area contributed by atoms with Crippen LogP contribution in [-0.4, -0.2) is 69.0 Å². The van der Waals surface area contributed by atoms with E-state index in [4.69, 9.17) is 16.3 Å². The lowest BCUT2D eigenvalue weighted by Crippen LogP contribution is -2.36. The van der Waals surface area contributed by atoms with E-state index in [0.717, 1.165) is 51.3 Å². The van der Waals surface area contributed by atoms with Crippen LogP contribution in [0.2, 0.25) is 5.02 Å². The van der Waals surface area contributed by atoms with Gasteiger partial charge in [0.15, 0.2) is 11.6 Å². The van der Waals surface area contributed by atoms with Crippen LogP contribution in [0.3, 0.4) is 0 Å². The minimum absolute atomic E-state index is 0.0427. The topological polar surface area (TPSA) is 94.3 Å². The zero-order valence-corrected chi connectivity index (χ0v) is 20.9. The quantitative estimate of drug-likeness (QED) is 0.513. The largest absolute Gasteiger partial charge is 0.380 e.